The predicted molar refractivity (Wildman–Crippen MR) is 93.4 cm³/mol. The van der Waals surface area contributed by atoms with E-state index in [1.54, 1.807) is 0 Å². The third-order valence-electron chi connectivity index (χ3n) is 3.31. The first-order valence-corrected chi connectivity index (χ1v) is 8.09. The monoisotopic (exact) mass is 361 g/mol. The minimum absolute atomic E-state index is 0.145. The van der Waals surface area contributed by atoms with E-state index in [-0.39, 0.29) is 5.91 Å². The number of hydrogen-bond acceptors (Lipinski definition) is 2. The van der Waals surface area contributed by atoms with Gasteiger partial charge in [-0.1, -0.05) is 25.1 Å². The highest BCUT2D eigenvalue weighted by atomic mass is 79.9. The van der Waals surface area contributed by atoms with E-state index in [0.29, 0.717) is 12.2 Å². The summed E-state index contributed by atoms with van der Waals surface area (Å²) in [6.07, 6.45) is 0.0819. The van der Waals surface area contributed by atoms with E-state index in [0.717, 1.165) is 21.3 Å². The van der Waals surface area contributed by atoms with Crippen LogP contribution in [0.3, 0.4) is 0 Å². The molecule has 0 saturated carbocycles. The van der Waals surface area contributed by atoms with Crippen molar-refractivity contribution in [3.05, 3.63) is 58.1 Å². The summed E-state index contributed by atoms with van der Waals surface area (Å²) in [5.41, 5.74) is 2.99. The molecule has 1 unspecified atom stereocenters. The predicted octanol–water partition coefficient (Wildman–Crippen LogP) is 4.86. The lowest BCUT2D eigenvalue weighted by Crippen LogP contribution is -2.32. The summed E-state index contributed by atoms with van der Waals surface area (Å²) in [5, 5.41) is 2.91. The van der Waals surface area contributed by atoms with Gasteiger partial charge in [0.25, 0.3) is 5.91 Å². The number of carbonyl (C=O) groups excluding carboxylic acids is 1. The van der Waals surface area contributed by atoms with Crippen molar-refractivity contribution in [1.82, 2.24) is 0 Å². The zero-order valence-electron chi connectivity index (χ0n) is 13.0. The molecule has 116 valence electrons. The van der Waals surface area contributed by atoms with Gasteiger partial charge in [-0.3, -0.25) is 4.79 Å². The Morgan fingerprint density at radius 2 is 1.91 bits per heavy atom. The molecule has 2 aromatic carbocycles. The van der Waals surface area contributed by atoms with E-state index in [1.807, 2.05) is 63.2 Å². The number of ether oxygens (including phenoxy) is 1. The van der Waals surface area contributed by atoms with Crippen LogP contribution in [0.4, 0.5) is 5.69 Å². The van der Waals surface area contributed by atoms with Gasteiger partial charge in [0.1, 0.15) is 5.75 Å². The summed E-state index contributed by atoms with van der Waals surface area (Å²) in [6, 6.07) is 13.5. The third-order valence-corrected chi connectivity index (χ3v) is 3.97. The topological polar surface area (TPSA) is 38.3 Å². The Balaban J connectivity index is 2.08. The molecule has 1 atom stereocenters. The minimum Gasteiger partial charge on any atom is -0.481 e. The second-order valence-corrected chi connectivity index (χ2v) is 6.16. The maximum absolute atomic E-state index is 12.4. The second-order valence-electron chi connectivity index (χ2n) is 5.30. The van der Waals surface area contributed by atoms with Crippen LogP contribution in [0.15, 0.2) is 46.9 Å². The molecule has 0 radical (unpaired) electrons. The molecule has 1 N–H and O–H groups in total. The first-order valence-electron chi connectivity index (χ1n) is 7.30. The third kappa shape index (κ3) is 4.34. The lowest BCUT2D eigenvalue weighted by Gasteiger charge is -2.18. The van der Waals surface area contributed by atoms with Crippen molar-refractivity contribution in [2.75, 3.05) is 5.32 Å². The fraction of sp³-hybridized carbons (Fsp3) is 0.278. The van der Waals surface area contributed by atoms with Crippen molar-refractivity contribution in [2.24, 2.45) is 0 Å². The molecular weight excluding hydrogens is 342 g/mol. The number of nitrogens with one attached hydrogen (secondary N) is 1. The van der Waals surface area contributed by atoms with Crippen molar-refractivity contribution in [3.8, 4) is 5.75 Å². The van der Waals surface area contributed by atoms with Crippen LogP contribution >= 0.6 is 15.9 Å². The van der Waals surface area contributed by atoms with Crippen molar-refractivity contribution in [3.63, 3.8) is 0 Å². The number of benzene rings is 2. The van der Waals surface area contributed by atoms with Gasteiger partial charge in [0.05, 0.1) is 5.69 Å². The highest BCUT2D eigenvalue weighted by Gasteiger charge is 2.19. The number of rotatable bonds is 5. The van der Waals surface area contributed by atoms with Gasteiger partial charge < -0.3 is 10.1 Å². The zero-order valence-corrected chi connectivity index (χ0v) is 14.6. The van der Waals surface area contributed by atoms with Gasteiger partial charge >= 0.3 is 0 Å². The number of halogens is 1. The average molecular weight is 362 g/mol. The van der Waals surface area contributed by atoms with E-state index in [2.05, 4.69) is 21.2 Å². The number of hydrogen-bond donors (Lipinski definition) is 1. The maximum Gasteiger partial charge on any atom is 0.265 e. The molecule has 2 aromatic rings. The summed E-state index contributed by atoms with van der Waals surface area (Å²) >= 11 is 3.47. The van der Waals surface area contributed by atoms with Gasteiger partial charge in [-0.25, -0.2) is 0 Å². The molecule has 0 aromatic heterocycles. The molecule has 2 rings (SSSR count). The molecule has 0 aliphatic carbocycles. The van der Waals surface area contributed by atoms with Crippen LogP contribution in [0, 0.1) is 13.8 Å². The Morgan fingerprint density at radius 1 is 1.18 bits per heavy atom. The van der Waals surface area contributed by atoms with Gasteiger partial charge in [0.2, 0.25) is 0 Å². The van der Waals surface area contributed by atoms with Crippen molar-refractivity contribution in [2.45, 2.75) is 33.3 Å². The van der Waals surface area contributed by atoms with Crippen LogP contribution < -0.4 is 10.1 Å². The fourth-order valence-electron chi connectivity index (χ4n) is 2.11. The van der Waals surface area contributed by atoms with Crippen LogP contribution in [-0.2, 0) is 4.79 Å². The van der Waals surface area contributed by atoms with Crippen molar-refractivity contribution >= 4 is 27.5 Å². The van der Waals surface area contributed by atoms with Crippen LogP contribution in [0.2, 0.25) is 0 Å². The van der Waals surface area contributed by atoms with Gasteiger partial charge in [0.15, 0.2) is 6.10 Å². The smallest absolute Gasteiger partial charge is 0.265 e. The minimum atomic E-state index is -0.519. The van der Waals surface area contributed by atoms with Crippen LogP contribution in [0.5, 0.6) is 5.75 Å². The molecule has 0 saturated heterocycles. The van der Waals surface area contributed by atoms with E-state index in [9.17, 15) is 4.79 Å². The molecule has 3 nitrogen and oxygen atoms in total. The summed E-state index contributed by atoms with van der Waals surface area (Å²) in [5.74, 6) is 0.568. The van der Waals surface area contributed by atoms with E-state index < -0.39 is 6.10 Å². The molecule has 0 aliphatic rings. The van der Waals surface area contributed by atoms with Gasteiger partial charge in [-0.05, 0) is 71.6 Å². The zero-order chi connectivity index (χ0) is 16.1. The molecule has 0 fully saturated rings. The SMILES string of the molecule is CCC(Oc1cccc(C)c1)C(=O)Nc1ccc(C)cc1Br. The Morgan fingerprint density at radius 3 is 2.55 bits per heavy atom. The molecule has 0 bridgehead atoms. The van der Waals surface area contributed by atoms with Gasteiger partial charge in [-0.15, -0.1) is 0 Å². The highest BCUT2D eigenvalue weighted by molar-refractivity contribution is 9.10. The molecule has 0 spiro atoms. The van der Waals surface area contributed by atoms with Crippen LogP contribution in [0.1, 0.15) is 24.5 Å². The van der Waals surface area contributed by atoms with Gasteiger partial charge in [-0.2, -0.15) is 0 Å². The van der Waals surface area contributed by atoms with Crippen molar-refractivity contribution < 1.29 is 9.53 Å². The first kappa shape index (κ1) is 16.6. The number of amides is 1. The summed E-state index contributed by atoms with van der Waals surface area (Å²) in [6.45, 7) is 5.94. The standard InChI is InChI=1S/C18H20BrNO2/c1-4-17(22-14-7-5-6-12(2)10-14)18(21)20-16-9-8-13(3)11-15(16)19/h5-11,17H,4H2,1-3H3,(H,20,21). The van der Waals surface area contributed by atoms with E-state index in [1.165, 1.54) is 0 Å². The molecule has 0 heterocycles. The Hall–Kier alpha value is -1.81. The van der Waals surface area contributed by atoms with Crippen LogP contribution in [-0.4, -0.2) is 12.0 Å². The Bertz CT molecular complexity index is 670. The summed E-state index contributed by atoms with van der Waals surface area (Å²) in [4.78, 5) is 12.4. The van der Waals surface area contributed by atoms with Gasteiger partial charge in [0, 0.05) is 4.47 Å². The Kier molecular flexibility index (Phi) is 5.61. The molecule has 0 aliphatic heterocycles. The number of aryl methyl sites for hydroxylation is 2. The lowest BCUT2D eigenvalue weighted by atomic mass is 10.2. The lowest BCUT2D eigenvalue weighted by molar-refractivity contribution is -0.122. The first-order chi connectivity index (χ1) is 10.5. The molecule has 1 amide bonds. The average Bonchev–Trinajstić information content (AvgIpc) is 2.47. The van der Waals surface area contributed by atoms with E-state index >= 15 is 0 Å². The van der Waals surface area contributed by atoms with Crippen LogP contribution in [0.25, 0.3) is 0 Å². The number of carbonyl (C=O) groups is 1. The molecular formula is C18H20BrNO2. The van der Waals surface area contributed by atoms with E-state index in [4.69, 9.17) is 4.74 Å². The largest absolute Gasteiger partial charge is 0.481 e. The molecule has 22 heavy (non-hydrogen) atoms. The Labute approximate surface area is 139 Å². The normalized spacial score (nSPS) is 11.8. The summed E-state index contributed by atoms with van der Waals surface area (Å²) in [7, 11) is 0. The second kappa shape index (κ2) is 7.45. The number of anilines is 1. The molecule has 4 heteroatoms. The van der Waals surface area contributed by atoms with Crippen molar-refractivity contribution in [1.29, 1.82) is 0 Å². The fourth-order valence-corrected chi connectivity index (χ4v) is 2.70. The summed E-state index contributed by atoms with van der Waals surface area (Å²) < 4.78 is 6.68. The quantitative estimate of drug-likeness (QED) is 0.825. The highest BCUT2D eigenvalue weighted by Crippen LogP contribution is 2.24. The maximum atomic E-state index is 12.4.